The molecule has 2 amide bonds. The maximum atomic E-state index is 12.9. The fourth-order valence-electron chi connectivity index (χ4n) is 2.15. The lowest BCUT2D eigenvalue weighted by Gasteiger charge is -2.17. The number of urea groups is 1. The lowest BCUT2D eigenvalue weighted by molar-refractivity contribution is 0.249. The van der Waals surface area contributed by atoms with E-state index < -0.39 is 6.03 Å². The van der Waals surface area contributed by atoms with Crippen LogP contribution in [0.4, 0.5) is 14.9 Å². The molecule has 1 atom stereocenters. The van der Waals surface area contributed by atoms with E-state index in [9.17, 15) is 9.18 Å². The maximum absolute atomic E-state index is 12.9. The molecule has 7 heteroatoms. The second-order valence-electron chi connectivity index (χ2n) is 5.06. The first-order valence-electron chi connectivity index (χ1n) is 7.19. The molecule has 1 unspecified atom stereocenters. The van der Waals surface area contributed by atoms with Crippen molar-refractivity contribution in [3.8, 4) is 11.5 Å². The van der Waals surface area contributed by atoms with E-state index in [1.807, 2.05) is 0 Å². The Balaban J connectivity index is 2.09. The Kier molecular flexibility index (Phi) is 5.87. The maximum Gasteiger partial charge on any atom is 0.319 e. The highest BCUT2D eigenvalue weighted by atomic mass is 35.5. The van der Waals surface area contributed by atoms with Crippen molar-refractivity contribution in [3.63, 3.8) is 0 Å². The average Bonchev–Trinajstić information content (AvgIpc) is 2.55. The number of halogens is 2. The highest BCUT2D eigenvalue weighted by Crippen LogP contribution is 2.35. The van der Waals surface area contributed by atoms with Crippen LogP contribution in [0.5, 0.6) is 11.5 Å². The summed E-state index contributed by atoms with van der Waals surface area (Å²) in [5.74, 6) is 0.535. The molecule has 0 aliphatic carbocycles. The Morgan fingerprint density at radius 2 is 1.75 bits per heavy atom. The third kappa shape index (κ3) is 4.29. The first-order chi connectivity index (χ1) is 11.4. The minimum atomic E-state index is -0.439. The Labute approximate surface area is 144 Å². The standard InChI is InChI=1S/C17H18ClFN2O3/c1-10(11-4-6-12(19)7-5-11)20-17(22)21-14-8-13(18)15(23-2)9-16(14)24-3/h4-10H,1-3H3,(H2,20,21,22). The molecule has 24 heavy (non-hydrogen) atoms. The number of methoxy groups -OCH3 is 2. The van der Waals surface area contributed by atoms with E-state index in [0.29, 0.717) is 22.2 Å². The number of ether oxygens (including phenoxy) is 2. The summed E-state index contributed by atoms with van der Waals surface area (Å²) in [7, 11) is 2.97. The van der Waals surface area contributed by atoms with Crippen molar-refractivity contribution in [1.29, 1.82) is 0 Å². The van der Waals surface area contributed by atoms with Crippen LogP contribution in [-0.2, 0) is 0 Å². The topological polar surface area (TPSA) is 59.6 Å². The smallest absolute Gasteiger partial charge is 0.319 e. The first kappa shape index (κ1) is 17.9. The van der Waals surface area contributed by atoms with Crippen LogP contribution in [0.1, 0.15) is 18.5 Å². The van der Waals surface area contributed by atoms with Crippen LogP contribution in [0.3, 0.4) is 0 Å². The van der Waals surface area contributed by atoms with Crippen LogP contribution in [0.15, 0.2) is 36.4 Å². The van der Waals surface area contributed by atoms with Crippen molar-refractivity contribution in [2.24, 2.45) is 0 Å². The minimum absolute atomic E-state index is 0.301. The van der Waals surface area contributed by atoms with Gasteiger partial charge in [0.15, 0.2) is 0 Å². The van der Waals surface area contributed by atoms with Gasteiger partial charge < -0.3 is 20.1 Å². The molecule has 0 aliphatic rings. The fourth-order valence-corrected chi connectivity index (χ4v) is 2.39. The first-order valence-corrected chi connectivity index (χ1v) is 7.57. The Morgan fingerprint density at radius 3 is 2.33 bits per heavy atom. The average molecular weight is 353 g/mol. The lowest BCUT2D eigenvalue weighted by Crippen LogP contribution is -2.31. The van der Waals surface area contributed by atoms with Gasteiger partial charge in [-0.1, -0.05) is 23.7 Å². The van der Waals surface area contributed by atoms with Gasteiger partial charge in [-0.2, -0.15) is 0 Å². The molecule has 0 bridgehead atoms. The molecule has 128 valence electrons. The number of rotatable bonds is 5. The number of hydrogen-bond acceptors (Lipinski definition) is 3. The summed E-state index contributed by atoms with van der Waals surface area (Å²) < 4.78 is 23.3. The van der Waals surface area contributed by atoms with E-state index in [0.717, 1.165) is 5.56 Å². The Hall–Kier alpha value is -2.47. The summed E-state index contributed by atoms with van der Waals surface area (Å²) in [5, 5.41) is 5.79. The van der Waals surface area contributed by atoms with Crippen molar-refractivity contribution >= 4 is 23.3 Å². The Bertz CT molecular complexity index is 723. The summed E-state index contributed by atoms with van der Waals surface area (Å²) in [6.45, 7) is 1.80. The molecule has 0 saturated carbocycles. The van der Waals surface area contributed by atoms with Crippen LogP contribution < -0.4 is 20.1 Å². The van der Waals surface area contributed by atoms with Gasteiger partial charge in [-0.05, 0) is 30.7 Å². The van der Waals surface area contributed by atoms with E-state index in [1.54, 1.807) is 31.2 Å². The zero-order chi connectivity index (χ0) is 17.7. The third-order valence-corrected chi connectivity index (χ3v) is 3.74. The SMILES string of the molecule is COc1cc(OC)c(NC(=O)NC(C)c2ccc(F)cc2)cc1Cl. The summed E-state index contributed by atoms with van der Waals surface area (Å²) in [5.41, 5.74) is 1.19. The third-order valence-electron chi connectivity index (χ3n) is 3.44. The van der Waals surface area contributed by atoms with Gasteiger partial charge in [-0.25, -0.2) is 9.18 Å². The molecule has 0 spiro atoms. The van der Waals surface area contributed by atoms with Gasteiger partial charge in [0.2, 0.25) is 0 Å². The number of benzene rings is 2. The molecule has 0 heterocycles. The number of anilines is 1. The predicted molar refractivity (Wildman–Crippen MR) is 91.5 cm³/mol. The van der Waals surface area contributed by atoms with Crippen LogP contribution in [0.2, 0.25) is 5.02 Å². The molecule has 0 aromatic heterocycles. The van der Waals surface area contributed by atoms with E-state index in [4.69, 9.17) is 21.1 Å². The van der Waals surface area contributed by atoms with E-state index in [-0.39, 0.29) is 11.9 Å². The predicted octanol–water partition coefficient (Wildman–Crippen LogP) is 4.38. The van der Waals surface area contributed by atoms with Crippen molar-refractivity contribution in [2.45, 2.75) is 13.0 Å². The summed E-state index contributed by atoms with van der Waals surface area (Å²) >= 11 is 6.07. The fraction of sp³-hybridized carbons (Fsp3) is 0.235. The zero-order valence-corrected chi connectivity index (χ0v) is 14.3. The second kappa shape index (κ2) is 7.88. The van der Waals surface area contributed by atoms with E-state index in [2.05, 4.69) is 10.6 Å². The van der Waals surface area contributed by atoms with E-state index >= 15 is 0 Å². The van der Waals surface area contributed by atoms with Crippen molar-refractivity contribution < 1.29 is 18.7 Å². The van der Waals surface area contributed by atoms with Gasteiger partial charge in [0.1, 0.15) is 17.3 Å². The van der Waals surface area contributed by atoms with Gasteiger partial charge >= 0.3 is 6.03 Å². The highest BCUT2D eigenvalue weighted by molar-refractivity contribution is 6.32. The molecule has 2 N–H and O–H groups in total. The van der Waals surface area contributed by atoms with Gasteiger partial charge in [0.25, 0.3) is 0 Å². The van der Waals surface area contributed by atoms with Gasteiger partial charge in [-0.3, -0.25) is 0 Å². The zero-order valence-electron chi connectivity index (χ0n) is 13.5. The second-order valence-corrected chi connectivity index (χ2v) is 5.47. The Morgan fingerprint density at radius 1 is 1.12 bits per heavy atom. The molecule has 0 radical (unpaired) electrons. The normalized spacial score (nSPS) is 11.5. The van der Waals surface area contributed by atoms with Gasteiger partial charge in [0.05, 0.1) is 31.0 Å². The van der Waals surface area contributed by atoms with Crippen LogP contribution in [0.25, 0.3) is 0 Å². The highest BCUT2D eigenvalue weighted by Gasteiger charge is 2.14. The summed E-state index contributed by atoms with van der Waals surface area (Å²) in [4.78, 5) is 12.2. The monoisotopic (exact) mass is 352 g/mol. The lowest BCUT2D eigenvalue weighted by atomic mass is 10.1. The van der Waals surface area contributed by atoms with Crippen molar-refractivity contribution in [3.05, 3.63) is 52.8 Å². The van der Waals surface area contributed by atoms with Crippen LogP contribution in [-0.4, -0.2) is 20.3 Å². The number of amides is 2. The molecule has 2 aromatic carbocycles. The van der Waals surface area contributed by atoms with E-state index in [1.165, 1.54) is 26.4 Å². The molecule has 0 fully saturated rings. The van der Waals surface area contributed by atoms with Crippen molar-refractivity contribution in [2.75, 3.05) is 19.5 Å². The molecular weight excluding hydrogens is 335 g/mol. The van der Waals surface area contributed by atoms with Crippen LogP contribution >= 0.6 is 11.6 Å². The number of carbonyl (C=O) groups excluding carboxylic acids is 1. The quantitative estimate of drug-likeness (QED) is 0.839. The summed E-state index contributed by atoms with van der Waals surface area (Å²) in [6, 6.07) is 8.31. The van der Waals surface area contributed by atoms with Crippen LogP contribution in [0, 0.1) is 5.82 Å². The minimum Gasteiger partial charge on any atom is -0.495 e. The molecule has 0 aliphatic heterocycles. The number of carbonyl (C=O) groups is 1. The molecule has 0 saturated heterocycles. The molecule has 2 aromatic rings. The van der Waals surface area contributed by atoms with Gasteiger partial charge in [-0.15, -0.1) is 0 Å². The van der Waals surface area contributed by atoms with Gasteiger partial charge in [0, 0.05) is 6.07 Å². The largest absolute Gasteiger partial charge is 0.495 e. The summed E-state index contributed by atoms with van der Waals surface area (Å²) in [6.07, 6.45) is 0. The van der Waals surface area contributed by atoms with Crippen molar-refractivity contribution in [1.82, 2.24) is 5.32 Å². The molecule has 5 nitrogen and oxygen atoms in total. The molecule has 2 rings (SSSR count). The molecular formula is C17H18ClFN2O3. The number of nitrogens with one attached hydrogen (secondary N) is 2. The number of hydrogen-bond donors (Lipinski definition) is 2.